The Morgan fingerprint density at radius 2 is 2.32 bits per heavy atom. The van der Waals surface area contributed by atoms with E-state index < -0.39 is 12.7 Å². The zero-order valence-electron chi connectivity index (χ0n) is 10.3. The van der Waals surface area contributed by atoms with E-state index in [9.17, 15) is 18.0 Å². The van der Waals surface area contributed by atoms with Crippen LogP contribution >= 0.6 is 0 Å². The second-order valence-corrected chi connectivity index (χ2v) is 4.59. The predicted octanol–water partition coefficient (Wildman–Crippen LogP) is 1.83. The fourth-order valence-electron chi connectivity index (χ4n) is 2.35. The van der Waals surface area contributed by atoms with Crippen molar-refractivity contribution < 1.29 is 18.0 Å². The number of hydrogen-bond acceptors (Lipinski definition) is 2. The van der Waals surface area contributed by atoms with Gasteiger partial charge in [0.05, 0.1) is 19.1 Å². The summed E-state index contributed by atoms with van der Waals surface area (Å²) in [4.78, 5) is 16.6. The molecule has 1 aromatic heterocycles. The number of carbonyl (C=O) groups is 1. The largest absolute Gasteiger partial charge is 0.401 e. The summed E-state index contributed by atoms with van der Waals surface area (Å²) in [5, 5.41) is 2.14. The molecule has 1 aromatic rings. The number of aromatic amines is 1. The van der Waals surface area contributed by atoms with Crippen molar-refractivity contribution in [1.82, 2.24) is 15.2 Å². The van der Waals surface area contributed by atoms with Crippen molar-refractivity contribution in [3.05, 3.63) is 24.0 Å². The lowest BCUT2D eigenvalue weighted by molar-refractivity contribution is -0.135. The van der Waals surface area contributed by atoms with Gasteiger partial charge in [0.25, 0.3) is 0 Å². The van der Waals surface area contributed by atoms with Gasteiger partial charge in [-0.3, -0.25) is 4.79 Å². The highest BCUT2D eigenvalue weighted by Crippen LogP contribution is 2.30. The van der Waals surface area contributed by atoms with Gasteiger partial charge in [-0.25, -0.2) is 0 Å². The van der Waals surface area contributed by atoms with Gasteiger partial charge in [-0.1, -0.05) is 0 Å². The van der Waals surface area contributed by atoms with Crippen molar-refractivity contribution in [2.75, 3.05) is 19.6 Å². The van der Waals surface area contributed by atoms with Gasteiger partial charge < -0.3 is 15.2 Å². The molecule has 1 fully saturated rings. The molecule has 1 amide bonds. The number of amides is 1. The Kier molecular flexibility index (Phi) is 4.14. The molecule has 1 aliphatic rings. The summed E-state index contributed by atoms with van der Waals surface area (Å²) in [5.74, 6) is -0.290. The summed E-state index contributed by atoms with van der Waals surface area (Å²) in [5.41, 5.74) is 0.932. The number of H-pyrrole nitrogens is 1. The minimum Gasteiger partial charge on any atom is -0.363 e. The number of hydrogen-bond donors (Lipinski definition) is 2. The summed E-state index contributed by atoms with van der Waals surface area (Å²) in [6.07, 6.45) is -0.803. The molecule has 0 aliphatic carbocycles. The first-order chi connectivity index (χ1) is 8.97. The maximum atomic E-state index is 12.0. The quantitative estimate of drug-likeness (QED) is 0.880. The maximum Gasteiger partial charge on any atom is 0.401 e. The lowest BCUT2D eigenvalue weighted by Gasteiger charge is -2.24. The van der Waals surface area contributed by atoms with Crippen molar-refractivity contribution in [2.45, 2.75) is 25.1 Å². The van der Waals surface area contributed by atoms with Crippen molar-refractivity contribution in [1.29, 1.82) is 0 Å². The minimum atomic E-state index is -4.29. The number of alkyl halides is 3. The number of likely N-dealkylation sites (tertiary alicyclic amines) is 1. The molecule has 0 spiro atoms. The van der Waals surface area contributed by atoms with E-state index in [4.69, 9.17) is 0 Å². The molecule has 106 valence electrons. The first-order valence-electron chi connectivity index (χ1n) is 6.17. The van der Waals surface area contributed by atoms with Crippen LogP contribution in [0.1, 0.15) is 24.6 Å². The number of nitrogens with zero attached hydrogens (tertiary/aromatic N) is 1. The third kappa shape index (κ3) is 3.73. The third-order valence-electron chi connectivity index (χ3n) is 3.16. The Hall–Kier alpha value is -1.50. The molecule has 2 rings (SSSR count). The van der Waals surface area contributed by atoms with Crippen LogP contribution in [-0.2, 0) is 4.79 Å². The van der Waals surface area contributed by atoms with Crippen LogP contribution in [0.2, 0.25) is 0 Å². The Labute approximate surface area is 109 Å². The van der Waals surface area contributed by atoms with Crippen molar-refractivity contribution in [2.24, 2.45) is 0 Å². The normalized spacial score (nSPS) is 19.9. The van der Waals surface area contributed by atoms with Crippen LogP contribution in [0.4, 0.5) is 13.2 Å². The summed E-state index contributed by atoms with van der Waals surface area (Å²) >= 11 is 0. The van der Waals surface area contributed by atoms with Crippen LogP contribution < -0.4 is 5.32 Å². The zero-order chi connectivity index (χ0) is 13.9. The van der Waals surface area contributed by atoms with Gasteiger partial charge >= 0.3 is 6.18 Å². The first kappa shape index (κ1) is 13.9. The lowest BCUT2D eigenvalue weighted by Crippen LogP contribution is -2.40. The summed E-state index contributed by atoms with van der Waals surface area (Å²) in [7, 11) is 0. The standard InChI is InChI=1S/C12H16F3N3O/c13-12(14,15)8-16-7-11(19)18-6-2-4-10(18)9-3-1-5-17-9/h1,3,5,10,16-17H,2,4,6-8H2. The average Bonchev–Trinajstić information content (AvgIpc) is 2.97. The van der Waals surface area contributed by atoms with E-state index in [2.05, 4.69) is 10.3 Å². The molecule has 1 saturated heterocycles. The molecule has 7 heteroatoms. The molecule has 19 heavy (non-hydrogen) atoms. The van der Waals surface area contributed by atoms with Crippen LogP contribution in [0.25, 0.3) is 0 Å². The molecular formula is C12H16F3N3O. The van der Waals surface area contributed by atoms with E-state index in [-0.39, 0.29) is 18.5 Å². The van der Waals surface area contributed by atoms with E-state index >= 15 is 0 Å². The smallest absolute Gasteiger partial charge is 0.363 e. The molecule has 0 aromatic carbocycles. The molecular weight excluding hydrogens is 259 g/mol. The van der Waals surface area contributed by atoms with Crippen LogP contribution in [0, 0.1) is 0 Å². The number of nitrogens with one attached hydrogen (secondary N) is 2. The number of aromatic nitrogens is 1. The van der Waals surface area contributed by atoms with E-state index in [0.29, 0.717) is 6.54 Å². The van der Waals surface area contributed by atoms with E-state index in [1.807, 2.05) is 12.1 Å². The van der Waals surface area contributed by atoms with Gasteiger partial charge in [-0.05, 0) is 25.0 Å². The van der Waals surface area contributed by atoms with E-state index in [1.165, 1.54) is 0 Å². The molecule has 1 unspecified atom stereocenters. The molecule has 2 heterocycles. The monoisotopic (exact) mass is 275 g/mol. The highest BCUT2D eigenvalue weighted by atomic mass is 19.4. The second-order valence-electron chi connectivity index (χ2n) is 4.59. The van der Waals surface area contributed by atoms with Gasteiger partial charge in [0.15, 0.2) is 0 Å². The number of carbonyl (C=O) groups excluding carboxylic acids is 1. The summed E-state index contributed by atoms with van der Waals surface area (Å²) in [6, 6.07) is 3.69. The van der Waals surface area contributed by atoms with E-state index in [0.717, 1.165) is 18.5 Å². The number of rotatable bonds is 4. The molecule has 0 saturated carbocycles. The molecule has 2 N–H and O–H groups in total. The minimum absolute atomic E-state index is 0.0461. The lowest BCUT2D eigenvalue weighted by atomic mass is 10.1. The van der Waals surface area contributed by atoms with Crippen LogP contribution in [0.3, 0.4) is 0 Å². The van der Waals surface area contributed by atoms with Crippen molar-refractivity contribution in [3.8, 4) is 0 Å². The average molecular weight is 275 g/mol. The Balaban J connectivity index is 1.88. The number of halogens is 3. The highest BCUT2D eigenvalue weighted by Gasteiger charge is 2.31. The van der Waals surface area contributed by atoms with Crippen LogP contribution in [0.15, 0.2) is 18.3 Å². The summed E-state index contributed by atoms with van der Waals surface area (Å²) < 4.78 is 36.0. The van der Waals surface area contributed by atoms with Crippen LogP contribution in [-0.4, -0.2) is 41.6 Å². The highest BCUT2D eigenvalue weighted by molar-refractivity contribution is 5.79. The Morgan fingerprint density at radius 1 is 1.53 bits per heavy atom. The molecule has 0 radical (unpaired) electrons. The van der Waals surface area contributed by atoms with Crippen molar-refractivity contribution >= 4 is 5.91 Å². The molecule has 1 aliphatic heterocycles. The van der Waals surface area contributed by atoms with Gasteiger partial charge in [0.2, 0.25) is 5.91 Å². The van der Waals surface area contributed by atoms with Gasteiger partial charge in [0, 0.05) is 18.4 Å². The Bertz CT molecular complexity index is 416. The second kappa shape index (κ2) is 5.64. The SMILES string of the molecule is O=C(CNCC(F)(F)F)N1CCCC1c1ccc[nH]1. The van der Waals surface area contributed by atoms with Gasteiger partial charge in [0.1, 0.15) is 0 Å². The maximum absolute atomic E-state index is 12.0. The Morgan fingerprint density at radius 3 is 2.95 bits per heavy atom. The predicted molar refractivity (Wildman–Crippen MR) is 63.4 cm³/mol. The first-order valence-corrected chi connectivity index (χ1v) is 6.17. The van der Waals surface area contributed by atoms with E-state index in [1.54, 1.807) is 11.1 Å². The fraction of sp³-hybridized carbons (Fsp3) is 0.583. The molecule has 4 nitrogen and oxygen atoms in total. The van der Waals surface area contributed by atoms with Gasteiger partial charge in [-0.15, -0.1) is 0 Å². The van der Waals surface area contributed by atoms with Crippen LogP contribution in [0.5, 0.6) is 0 Å². The van der Waals surface area contributed by atoms with Crippen molar-refractivity contribution in [3.63, 3.8) is 0 Å². The van der Waals surface area contributed by atoms with Gasteiger partial charge in [-0.2, -0.15) is 13.2 Å². The fourth-order valence-corrected chi connectivity index (χ4v) is 2.35. The zero-order valence-corrected chi connectivity index (χ0v) is 10.3. The summed E-state index contributed by atoms with van der Waals surface area (Å²) in [6.45, 7) is -0.827. The molecule has 0 bridgehead atoms. The topological polar surface area (TPSA) is 48.1 Å². The third-order valence-corrected chi connectivity index (χ3v) is 3.16. The molecule has 1 atom stereocenters.